The molecular formula is C25H33FN2. The first kappa shape index (κ1) is 22.1. The Kier molecular flexibility index (Phi) is 8.20. The van der Waals surface area contributed by atoms with Crippen LogP contribution in [0.25, 0.3) is 0 Å². The Morgan fingerprint density at radius 2 is 1.57 bits per heavy atom. The minimum atomic E-state index is -1.02. The predicted molar refractivity (Wildman–Crippen MR) is 115 cm³/mol. The number of benzene rings is 2. The van der Waals surface area contributed by atoms with Gasteiger partial charge in [-0.15, -0.1) is 0 Å². The van der Waals surface area contributed by atoms with Crippen molar-refractivity contribution in [2.45, 2.75) is 77.7 Å². The summed E-state index contributed by atoms with van der Waals surface area (Å²) < 4.78 is 14.1. The van der Waals surface area contributed by atoms with Crippen LogP contribution in [0.2, 0.25) is 0 Å². The van der Waals surface area contributed by atoms with Crippen LogP contribution in [-0.4, -0.2) is 17.0 Å². The fourth-order valence-electron chi connectivity index (χ4n) is 3.55. The molecule has 0 aromatic heterocycles. The number of nitriles is 1. The minimum Gasteiger partial charge on any atom is -0.294 e. The van der Waals surface area contributed by atoms with Gasteiger partial charge >= 0.3 is 0 Å². The standard InChI is InChI=1S/C23H30FN.C2H3N/c1-18(2)25(17-21-7-5-4-6-8-21)19(3)9-10-20-11-13-22(14-12-20)23(24)15-16-23;1-2-3/h4-8,11-14,18-19H,9-10,15-17H2,1-3H3;1H3. The highest BCUT2D eigenvalue weighted by atomic mass is 19.1. The van der Waals surface area contributed by atoms with E-state index in [9.17, 15) is 4.39 Å². The Morgan fingerprint density at radius 3 is 2.07 bits per heavy atom. The summed E-state index contributed by atoms with van der Waals surface area (Å²) in [7, 11) is 0. The Bertz CT molecular complexity index is 742. The van der Waals surface area contributed by atoms with Crippen molar-refractivity contribution >= 4 is 0 Å². The second-order valence-corrected chi connectivity index (χ2v) is 8.03. The Morgan fingerprint density at radius 1 is 1.00 bits per heavy atom. The van der Waals surface area contributed by atoms with Gasteiger partial charge in [-0.3, -0.25) is 4.90 Å². The number of rotatable bonds is 8. The molecule has 2 aromatic rings. The third-order valence-electron chi connectivity index (χ3n) is 5.45. The van der Waals surface area contributed by atoms with E-state index in [2.05, 4.69) is 68.1 Å². The molecule has 28 heavy (non-hydrogen) atoms. The van der Waals surface area contributed by atoms with Gasteiger partial charge in [0, 0.05) is 25.6 Å². The van der Waals surface area contributed by atoms with Crippen molar-refractivity contribution in [2.24, 2.45) is 0 Å². The van der Waals surface area contributed by atoms with E-state index in [1.807, 2.05) is 12.1 Å². The van der Waals surface area contributed by atoms with Crippen LogP contribution in [0.1, 0.15) is 63.6 Å². The van der Waals surface area contributed by atoms with Gasteiger partial charge in [0.15, 0.2) is 0 Å². The zero-order chi connectivity index (χ0) is 20.6. The van der Waals surface area contributed by atoms with E-state index < -0.39 is 5.67 Å². The van der Waals surface area contributed by atoms with Gasteiger partial charge in [0.2, 0.25) is 0 Å². The lowest BCUT2D eigenvalue weighted by atomic mass is 10.0. The smallest absolute Gasteiger partial charge is 0.136 e. The summed E-state index contributed by atoms with van der Waals surface area (Å²) in [5.41, 5.74) is 2.51. The van der Waals surface area contributed by atoms with Crippen LogP contribution in [0.5, 0.6) is 0 Å². The van der Waals surface area contributed by atoms with Crippen LogP contribution in [0, 0.1) is 11.3 Å². The van der Waals surface area contributed by atoms with Crippen molar-refractivity contribution in [3.8, 4) is 6.07 Å². The Labute approximate surface area is 170 Å². The lowest BCUT2D eigenvalue weighted by Gasteiger charge is -2.33. The molecule has 0 saturated heterocycles. The number of aryl methyl sites for hydroxylation is 1. The summed E-state index contributed by atoms with van der Waals surface area (Å²) in [6.45, 7) is 9.27. The van der Waals surface area contributed by atoms with E-state index in [0.717, 1.165) is 24.9 Å². The normalized spacial score (nSPS) is 15.5. The number of nitrogens with zero attached hydrogens (tertiary/aromatic N) is 2. The van der Waals surface area contributed by atoms with Crippen LogP contribution in [0.15, 0.2) is 54.6 Å². The maximum atomic E-state index is 14.1. The first-order valence-corrected chi connectivity index (χ1v) is 10.3. The van der Waals surface area contributed by atoms with E-state index >= 15 is 0 Å². The van der Waals surface area contributed by atoms with E-state index in [-0.39, 0.29) is 0 Å². The van der Waals surface area contributed by atoms with Crippen molar-refractivity contribution in [2.75, 3.05) is 0 Å². The van der Waals surface area contributed by atoms with Gasteiger partial charge in [0.05, 0.1) is 6.07 Å². The van der Waals surface area contributed by atoms with E-state index in [4.69, 9.17) is 5.26 Å². The summed E-state index contributed by atoms with van der Waals surface area (Å²) in [5, 5.41) is 7.32. The summed E-state index contributed by atoms with van der Waals surface area (Å²) in [5.74, 6) is 0. The van der Waals surface area contributed by atoms with Gasteiger partial charge in [-0.1, -0.05) is 54.6 Å². The quantitative estimate of drug-likeness (QED) is 0.529. The fraction of sp³-hybridized carbons (Fsp3) is 0.480. The second-order valence-electron chi connectivity index (χ2n) is 8.03. The number of hydrogen-bond donors (Lipinski definition) is 0. The van der Waals surface area contributed by atoms with E-state index in [1.54, 1.807) is 6.07 Å². The SMILES string of the molecule is CC#N.CC(C)N(Cc1ccccc1)C(C)CCc1ccc(C2(F)CC2)cc1. The van der Waals surface area contributed by atoms with Crippen molar-refractivity contribution in [1.82, 2.24) is 4.90 Å². The third kappa shape index (κ3) is 6.46. The molecule has 1 aliphatic carbocycles. The molecule has 1 aliphatic rings. The zero-order valence-corrected chi connectivity index (χ0v) is 17.7. The van der Waals surface area contributed by atoms with Gasteiger partial charge in [-0.25, -0.2) is 4.39 Å². The fourth-order valence-corrected chi connectivity index (χ4v) is 3.55. The molecule has 1 unspecified atom stereocenters. The highest BCUT2D eigenvalue weighted by molar-refractivity contribution is 5.31. The second kappa shape index (κ2) is 10.4. The van der Waals surface area contributed by atoms with Crippen LogP contribution >= 0.6 is 0 Å². The average molecular weight is 381 g/mol. The molecule has 3 heteroatoms. The van der Waals surface area contributed by atoms with Gasteiger partial charge in [-0.05, 0) is 63.1 Å². The molecule has 3 rings (SSSR count). The average Bonchev–Trinajstić information content (AvgIpc) is 3.44. The first-order valence-electron chi connectivity index (χ1n) is 10.3. The van der Waals surface area contributed by atoms with Crippen LogP contribution < -0.4 is 0 Å². The molecule has 0 bridgehead atoms. The summed E-state index contributed by atoms with van der Waals surface area (Å²) >= 11 is 0. The zero-order valence-electron chi connectivity index (χ0n) is 17.7. The maximum absolute atomic E-state index is 14.1. The summed E-state index contributed by atoms with van der Waals surface area (Å²) in [6, 6.07) is 21.6. The topological polar surface area (TPSA) is 27.0 Å². The summed E-state index contributed by atoms with van der Waals surface area (Å²) in [4.78, 5) is 2.56. The van der Waals surface area contributed by atoms with E-state index in [1.165, 1.54) is 18.1 Å². The number of halogens is 1. The van der Waals surface area contributed by atoms with Crippen molar-refractivity contribution in [1.29, 1.82) is 5.26 Å². The van der Waals surface area contributed by atoms with Gasteiger partial charge < -0.3 is 0 Å². The van der Waals surface area contributed by atoms with Crippen LogP contribution in [0.3, 0.4) is 0 Å². The predicted octanol–water partition coefficient (Wildman–Crippen LogP) is 6.41. The van der Waals surface area contributed by atoms with E-state index in [0.29, 0.717) is 24.9 Å². The van der Waals surface area contributed by atoms with Crippen molar-refractivity contribution in [3.63, 3.8) is 0 Å². The maximum Gasteiger partial charge on any atom is 0.136 e. The molecule has 150 valence electrons. The molecule has 0 N–H and O–H groups in total. The Hall–Kier alpha value is -2.18. The Balaban J connectivity index is 0.000000878. The molecule has 0 aliphatic heterocycles. The molecule has 1 atom stereocenters. The molecule has 0 radical (unpaired) electrons. The lowest BCUT2D eigenvalue weighted by molar-refractivity contribution is 0.147. The first-order chi connectivity index (χ1) is 13.4. The van der Waals surface area contributed by atoms with Crippen molar-refractivity contribution < 1.29 is 4.39 Å². The molecular weight excluding hydrogens is 347 g/mol. The van der Waals surface area contributed by atoms with Crippen LogP contribution in [0.4, 0.5) is 4.39 Å². The molecule has 1 saturated carbocycles. The molecule has 0 heterocycles. The molecule has 0 spiro atoms. The monoisotopic (exact) mass is 380 g/mol. The molecule has 0 amide bonds. The highest BCUT2D eigenvalue weighted by Gasteiger charge is 2.44. The van der Waals surface area contributed by atoms with Gasteiger partial charge in [-0.2, -0.15) is 5.26 Å². The molecule has 2 nitrogen and oxygen atoms in total. The number of alkyl halides is 1. The summed E-state index contributed by atoms with van der Waals surface area (Å²) in [6.07, 6.45) is 3.53. The number of hydrogen-bond acceptors (Lipinski definition) is 2. The molecule has 2 aromatic carbocycles. The molecule has 1 fully saturated rings. The lowest BCUT2D eigenvalue weighted by Crippen LogP contribution is -2.38. The van der Waals surface area contributed by atoms with Gasteiger partial charge in [0.1, 0.15) is 5.67 Å². The largest absolute Gasteiger partial charge is 0.294 e. The minimum absolute atomic E-state index is 0.510. The highest BCUT2D eigenvalue weighted by Crippen LogP contribution is 2.49. The third-order valence-corrected chi connectivity index (χ3v) is 5.45. The van der Waals surface area contributed by atoms with Crippen molar-refractivity contribution in [3.05, 3.63) is 71.3 Å². The van der Waals surface area contributed by atoms with Crippen LogP contribution in [-0.2, 0) is 18.6 Å². The van der Waals surface area contributed by atoms with Gasteiger partial charge in [0.25, 0.3) is 0 Å².